The van der Waals surface area contributed by atoms with Crippen LogP contribution in [0.2, 0.25) is 0 Å². The SMILES string of the molecule is COC(=O)c1cc(S(C)(=O)=O)cc(C)c1O. The summed E-state index contributed by atoms with van der Waals surface area (Å²) in [5.74, 6) is -1.04. The molecule has 1 N–H and O–H groups in total. The molecule has 0 atom stereocenters. The van der Waals surface area contributed by atoms with E-state index in [1.807, 2.05) is 0 Å². The molecule has 0 unspecified atom stereocenters. The maximum Gasteiger partial charge on any atom is 0.341 e. The Bertz CT molecular complexity index is 530. The molecule has 88 valence electrons. The maximum atomic E-state index is 11.3. The summed E-state index contributed by atoms with van der Waals surface area (Å²) in [6.45, 7) is 1.51. The van der Waals surface area contributed by atoms with Gasteiger partial charge in [0, 0.05) is 6.26 Å². The smallest absolute Gasteiger partial charge is 0.341 e. The molecule has 0 aliphatic heterocycles. The Morgan fingerprint density at radius 1 is 1.38 bits per heavy atom. The topological polar surface area (TPSA) is 80.7 Å². The fourth-order valence-corrected chi connectivity index (χ4v) is 1.95. The molecule has 0 amide bonds. The van der Waals surface area contributed by atoms with Gasteiger partial charge in [0.05, 0.1) is 12.0 Å². The van der Waals surface area contributed by atoms with Crippen LogP contribution in [0.15, 0.2) is 17.0 Å². The van der Waals surface area contributed by atoms with Crippen LogP contribution in [0.5, 0.6) is 5.75 Å². The van der Waals surface area contributed by atoms with Crippen LogP contribution in [0.1, 0.15) is 15.9 Å². The molecule has 0 spiro atoms. The fraction of sp³-hybridized carbons (Fsp3) is 0.300. The van der Waals surface area contributed by atoms with Gasteiger partial charge < -0.3 is 9.84 Å². The Morgan fingerprint density at radius 3 is 2.38 bits per heavy atom. The molecule has 5 nitrogen and oxygen atoms in total. The van der Waals surface area contributed by atoms with Gasteiger partial charge in [-0.3, -0.25) is 0 Å². The van der Waals surface area contributed by atoms with Gasteiger partial charge >= 0.3 is 5.97 Å². The largest absolute Gasteiger partial charge is 0.507 e. The van der Waals surface area contributed by atoms with Crippen molar-refractivity contribution in [3.8, 4) is 5.75 Å². The second kappa shape index (κ2) is 4.13. The molecule has 0 saturated carbocycles. The van der Waals surface area contributed by atoms with Gasteiger partial charge in [-0.25, -0.2) is 13.2 Å². The molecule has 1 rings (SSSR count). The second-order valence-electron chi connectivity index (χ2n) is 3.40. The maximum absolute atomic E-state index is 11.3. The lowest BCUT2D eigenvalue weighted by Crippen LogP contribution is -2.06. The summed E-state index contributed by atoms with van der Waals surface area (Å²) in [5.41, 5.74) is 0.159. The third-order valence-corrected chi connectivity index (χ3v) is 3.20. The van der Waals surface area contributed by atoms with Gasteiger partial charge in [-0.2, -0.15) is 0 Å². The lowest BCUT2D eigenvalue weighted by atomic mass is 10.1. The standard InChI is InChI=1S/C10H12O5S/c1-6-4-7(16(3,13)14)5-8(9(6)11)10(12)15-2/h4-5,11H,1-3H3. The van der Waals surface area contributed by atoms with Gasteiger partial charge in [0.2, 0.25) is 0 Å². The number of ether oxygens (including phenoxy) is 1. The molecule has 1 aromatic rings. The van der Waals surface area contributed by atoms with Gasteiger partial charge in [-0.1, -0.05) is 0 Å². The number of rotatable bonds is 2. The lowest BCUT2D eigenvalue weighted by Gasteiger charge is -2.08. The lowest BCUT2D eigenvalue weighted by molar-refractivity contribution is 0.0597. The van der Waals surface area contributed by atoms with Crippen LogP contribution in [0, 0.1) is 6.92 Å². The molecule has 16 heavy (non-hydrogen) atoms. The Labute approximate surface area is 93.6 Å². The van der Waals surface area contributed by atoms with Crippen molar-refractivity contribution in [3.63, 3.8) is 0 Å². The predicted octanol–water partition coefficient (Wildman–Crippen LogP) is 0.891. The summed E-state index contributed by atoms with van der Waals surface area (Å²) in [5, 5.41) is 9.59. The molecule has 0 radical (unpaired) electrons. The molecule has 1 aromatic carbocycles. The molecular formula is C10H12O5S. The van der Waals surface area contributed by atoms with Crippen LogP contribution in [-0.4, -0.2) is 32.9 Å². The van der Waals surface area contributed by atoms with Gasteiger partial charge in [-0.15, -0.1) is 0 Å². The normalized spacial score (nSPS) is 11.2. The highest BCUT2D eigenvalue weighted by Crippen LogP contribution is 2.26. The van der Waals surface area contributed by atoms with E-state index in [1.54, 1.807) is 0 Å². The Morgan fingerprint density at radius 2 is 1.94 bits per heavy atom. The van der Waals surface area contributed by atoms with Crippen molar-refractivity contribution in [3.05, 3.63) is 23.3 Å². The number of sulfone groups is 1. The number of methoxy groups -OCH3 is 1. The number of phenolic OH excluding ortho intramolecular Hbond substituents is 1. The first kappa shape index (κ1) is 12.5. The molecule has 0 aliphatic carbocycles. The molecule has 0 bridgehead atoms. The van der Waals surface area contributed by atoms with Crippen molar-refractivity contribution < 1.29 is 23.1 Å². The number of aryl methyl sites for hydroxylation is 1. The first-order chi connectivity index (χ1) is 7.27. The summed E-state index contributed by atoms with van der Waals surface area (Å²) in [7, 11) is -2.27. The Hall–Kier alpha value is -1.56. The monoisotopic (exact) mass is 244 g/mol. The van der Waals surface area contributed by atoms with Crippen LogP contribution in [-0.2, 0) is 14.6 Å². The number of carbonyl (C=O) groups is 1. The predicted molar refractivity (Wildman–Crippen MR) is 57.3 cm³/mol. The number of carbonyl (C=O) groups excluding carboxylic acids is 1. The van der Waals surface area contributed by atoms with Crippen molar-refractivity contribution in [1.82, 2.24) is 0 Å². The number of hydrogen-bond acceptors (Lipinski definition) is 5. The highest BCUT2D eigenvalue weighted by atomic mass is 32.2. The van der Waals surface area contributed by atoms with E-state index >= 15 is 0 Å². The van der Waals surface area contributed by atoms with E-state index in [0.29, 0.717) is 5.56 Å². The zero-order chi connectivity index (χ0) is 12.5. The quantitative estimate of drug-likeness (QED) is 0.781. The van der Waals surface area contributed by atoms with Crippen molar-refractivity contribution in [2.75, 3.05) is 13.4 Å². The van der Waals surface area contributed by atoms with Gasteiger partial charge in [-0.05, 0) is 24.6 Å². The van der Waals surface area contributed by atoms with Crippen molar-refractivity contribution in [2.24, 2.45) is 0 Å². The zero-order valence-electron chi connectivity index (χ0n) is 9.14. The molecule has 0 aliphatic rings. The summed E-state index contributed by atoms with van der Waals surface area (Å²) in [4.78, 5) is 11.3. The van der Waals surface area contributed by atoms with Gasteiger partial charge in [0.25, 0.3) is 0 Å². The molecule has 6 heteroatoms. The van der Waals surface area contributed by atoms with Crippen LogP contribution in [0.4, 0.5) is 0 Å². The minimum atomic E-state index is -3.43. The third kappa shape index (κ3) is 2.33. The summed E-state index contributed by atoms with van der Waals surface area (Å²) < 4.78 is 27.1. The van der Waals surface area contributed by atoms with Gasteiger partial charge in [0.15, 0.2) is 9.84 Å². The van der Waals surface area contributed by atoms with Crippen LogP contribution >= 0.6 is 0 Å². The van der Waals surface area contributed by atoms with E-state index in [9.17, 15) is 18.3 Å². The van der Waals surface area contributed by atoms with Crippen molar-refractivity contribution in [2.45, 2.75) is 11.8 Å². The summed E-state index contributed by atoms with van der Waals surface area (Å²) in [6.07, 6.45) is 1.03. The summed E-state index contributed by atoms with van der Waals surface area (Å²) >= 11 is 0. The Balaban J connectivity index is 3.51. The van der Waals surface area contributed by atoms with Gasteiger partial charge in [0.1, 0.15) is 11.3 Å². The average molecular weight is 244 g/mol. The minimum Gasteiger partial charge on any atom is -0.507 e. The van der Waals surface area contributed by atoms with Crippen LogP contribution in [0.25, 0.3) is 0 Å². The first-order valence-electron chi connectivity index (χ1n) is 4.39. The van der Waals surface area contributed by atoms with Crippen molar-refractivity contribution in [1.29, 1.82) is 0 Å². The van der Waals surface area contributed by atoms with Crippen LogP contribution < -0.4 is 0 Å². The van der Waals surface area contributed by atoms with E-state index in [1.165, 1.54) is 13.0 Å². The third-order valence-electron chi connectivity index (χ3n) is 2.11. The molecule has 0 heterocycles. The van der Waals surface area contributed by atoms with E-state index in [2.05, 4.69) is 4.74 Å². The number of hydrogen-bond donors (Lipinski definition) is 1. The van der Waals surface area contributed by atoms with Crippen LogP contribution in [0.3, 0.4) is 0 Å². The molecule has 0 fully saturated rings. The zero-order valence-corrected chi connectivity index (χ0v) is 9.96. The second-order valence-corrected chi connectivity index (χ2v) is 5.42. The number of benzene rings is 1. The van der Waals surface area contributed by atoms with E-state index < -0.39 is 15.8 Å². The van der Waals surface area contributed by atoms with E-state index in [4.69, 9.17) is 0 Å². The van der Waals surface area contributed by atoms with E-state index in [0.717, 1.165) is 19.4 Å². The fourth-order valence-electron chi connectivity index (χ4n) is 1.23. The molecular weight excluding hydrogens is 232 g/mol. The first-order valence-corrected chi connectivity index (χ1v) is 6.28. The highest BCUT2D eigenvalue weighted by molar-refractivity contribution is 7.90. The molecule has 0 aromatic heterocycles. The number of phenols is 1. The summed E-state index contributed by atoms with van der Waals surface area (Å²) in [6, 6.07) is 2.40. The Kier molecular flexibility index (Phi) is 3.23. The number of esters is 1. The highest BCUT2D eigenvalue weighted by Gasteiger charge is 2.18. The molecule has 0 saturated heterocycles. The number of aromatic hydroxyl groups is 1. The van der Waals surface area contributed by atoms with E-state index in [-0.39, 0.29) is 16.2 Å². The van der Waals surface area contributed by atoms with Crippen molar-refractivity contribution >= 4 is 15.8 Å². The average Bonchev–Trinajstić information content (AvgIpc) is 2.19. The minimum absolute atomic E-state index is 0.0248.